The van der Waals surface area contributed by atoms with Crippen LogP contribution in [0.25, 0.3) is 5.76 Å². The number of ether oxygens (including phenoxy) is 2. The predicted octanol–water partition coefficient (Wildman–Crippen LogP) is 2.90. The first-order chi connectivity index (χ1) is 16.4. The van der Waals surface area contributed by atoms with Crippen LogP contribution in [-0.2, 0) is 20.7 Å². The summed E-state index contributed by atoms with van der Waals surface area (Å²) in [4.78, 5) is 29.8. The molecule has 5 rings (SSSR count). The molecule has 0 aliphatic carbocycles. The van der Waals surface area contributed by atoms with Gasteiger partial charge in [-0.3, -0.25) is 14.5 Å². The van der Waals surface area contributed by atoms with Crippen LogP contribution in [-0.4, -0.2) is 72.1 Å². The molecule has 2 aromatic rings. The molecule has 2 saturated heterocycles. The zero-order valence-electron chi connectivity index (χ0n) is 19.0. The Bertz CT molecular complexity index is 1160. The van der Waals surface area contributed by atoms with Crippen molar-refractivity contribution in [2.75, 3.05) is 39.4 Å². The summed E-state index contributed by atoms with van der Waals surface area (Å²) >= 11 is 0. The first-order valence-electron chi connectivity index (χ1n) is 11.6. The molecule has 3 heterocycles. The number of amides is 1. The van der Waals surface area contributed by atoms with Crippen LogP contribution < -0.4 is 4.74 Å². The lowest BCUT2D eigenvalue weighted by molar-refractivity contribution is -0.140. The maximum Gasteiger partial charge on any atom is 0.295 e. The zero-order valence-corrected chi connectivity index (χ0v) is 19.0. The average Bonchev–Trinajstić information content (AvgIpc) is 3.33. The predicted molar refractivity (Wildman–Crippen MR) is 123 cm³/mol. The first kappa shape index (κ1) is 22.6. The highest BCUT2D eigenvalue weighted by Gasteiger charge is 2.47. The van der Waals surface area contributed by atoms with Gasteiger partial charge in [0.1, 0.15) is 23.4 Å². The third-order valence-electron chi connectivity index (χ3n) is 6.67. The average molecular weight is 467 g/mol. The van der Waals surface area contributed by atoms with Gasteiger partial charge < -0.3 is 19.5 Å². The molecule has 0 unspecified atom stereocenters. The standard InChI is InChI=1S/C26H27FN2O5/c1-16-14-18-15-17(6-7-21(18)34-16)24(30)22-23(19-4-2-3-5-20(19)27)29(26(32)25(22)31)9-8-28-10-12-33-13-11-28/h2-7,15-16,23,30H,8-14H2,1H3/b24-22+/t16-,23+/m0/s1. The third-order valence-corrected chi connectivity index (χ3v) is 6.67. The van der Waals surface area contributed by atoms with E-state index in [-0.39, 0.29) is 29.5 Å². The SMILES string of the molecule is C[C@H]1Cc2cc(/C(O)=C3\C(=O)C(=O)N(CCN4CCOCC4)[C@@H]3c3ccccc3F)ccc2O1. The van der Waals surface area contributed by atoms with Gasteiger partial charge in [-0.2, -0.15) is 0 Å². The van der Waals surface area contributed by atoms with Crippen molar-refractivity contribution in [3.63, 3.8) is 0 Å². The lowest BCUT2D eigenvalue weighted by Crippen LogP contribution is -2.42. The number of hydrogen-bond acceptors (Lipinski definition) is 6. The van der Waals surface area contributed by atoms with E-state index >= 15 is 0 Å². The van der Waals surface area contributed by atoms with Crippen LogP contribution >= 0.6 is 0 Å². The molecular weight excluding hydrogens is 439 g/mol. The van der Waals surface area contributed by atoms with Gasteiger partial charge in [0.05, 0.1) is 24.8 Å². The Labute approximate surface area is 197 Å². The Morgan fingerprint density at radius 3 is 2.65 bits per heavy atom. The third kappa shape index (κ3) is 4.08. The van der Waals surface area contributed by atoms with Crippen molar-refractivity contribution in [1.82, 2.24) is 9.80 Å². The van der Waals surface area contributed by atoms with E-state index in [9.17, 15) is 19.1 Å². The van der Waals surface area contributed by atoms with Gasteiger partial charge in [0.25, 0.3) is 11.7 Å². The van der Waals surface area contributed by atoms with Gasteiger partial charge in [-0.05, 0) is 36.8 Å². The summed E-state index contributed by atoms with van der Waals surface area (Å²) in [5.41, 5.74) is 1.41. The van der Waals surface area contributed by atoms with E-state index in [1.807, 2.05) is 6.92 Å². The van der Waals surface area contributed by atoms with Crippen molar-refractivity contribution in [3.8, 4) is 5.75 Å². The largest absolute Gasteiger partial charge is 0.507 e. The molecule has 178 valence electrons. The summed E-state index contributed by atoms with van der Waals surface area (Å²) in [5.74, 6) is -1.64. The van der Waals surface area contributed by atoms with E-state index in [0.717, 1.165) is 24.4 Å². The van der Waals surface area contributed by atoms with E-state index in [1.54, 1.807) is 36.4 Å². The number of morpholine rings is 1. The normalized spacial score (nSPS) is 24.4. The minimum atomic E-state index is -1.01. The van der Waals surface area contributed by atoms with Gasteiger partial charge in [-0.15, -0.1) is 0 Å². The Morgan fingerprint density at radius 1 is 1.12 bits per heavy atom. The topological polar surface area (TPSA) is 79.3 Å². The number of carbonyl (C=O) groups is 2. The second-order valence-electron chi connectivity index (χ2n) is 8.92. The number of aliphatic hydroxyl groups is 1. The number of rotatable bonds is 5. The van der Waals surface area contributed by atoms with Crippen LogP contribution in [0.4, 0.5) is 4.39 Å². The van der Waals surface area contributed by atoms with Gasteiger partial charge in [-0.25, -0.2) is 4.39 Å². The lowest BCUT2D eigenvalue weighted by atomic mass is 9.94. The number of ketones is 1. The number of fused-ring (bicyclic) bond motifs is 1. The van der Waals surface area contributed by atoms with Crippen LogP contribution in [0.3, 0.4) is 0 Å². The molecule has 1 amide bonds. The van der Waals surface area contributed by atoms with Crippen molar-refractivity contribution in [2.45, 2.75) is 25.5 Å². The highest BCUT2D eigenvalue weighted by molar-refractivity contribution is 6.46. The summed E-state index contributed by atoms with van der Waals surface area (Å²) in [6, 6.07) is 10.2. The molecule has 7 nitrogen and oxygen atoms in total. The maximum atomic E-state index is 14.9. The summed E-state index contributed by atoms with van der Waals surface area (Å²) in [6.45, 7) is 5.38. The van der Waals surface area contributed by atoms with Crippen LogP contribution in [0.15, 0.2) is 48.0 Å². The molecule has 34 heavy (non-hydrogen) atoms. The number of benzene rings is 2. The van der Waals surface area contributed by atoms with E-state index in [1.165, 1.54) is 11.0 Å². The fourth-order valence-corrected chi connectivity index (χ4v) is 4.93. The van der Waals surface area contributed by atoms with E-state index in [4.69, 9.17) is 9.47 Å². The number of likely N-dealkylation sites (tertiary alicyclic amines) is 1. The molecule has 3 aliphatic rings. The summed E-state index contributed by atoms with van der Waals surface area (Å²) in [7, 11) is 0. The molecule has 2 aromatic carbocycles. The molecular formula is C26H27FN2O5. The van der Waals surface area contributed by atoms with Gasteiger partial charge in [0.2, 0.25) is 0 Å². The summed E-state index contributed by atoms with van der Waals surface area (Å²) < 4.78 is 26.0. The smallest absolute Gasteiger partial charge is 0.295 e. The highest BCUT2D eigenvalue weighted by atomic mass is 19.1. The number of Topliss-reactive ketones (excluding diaryl/α,β-unsaturated/α-hetero) is 1. The number of halogens is 1. The monoisotopic (exact) mass is 466 g/mol. The van der Waals surface area contributed by atoms with Crippen LogP contribution in [0, 0.1) is 5.82 Å². The van der Waals surface area contributed by atoms with Gasteiger partial charge in [-0.1, -0.05) is 18.2 Å². The number of carbonyl (C=O) groups excluding carboxylic acids is 2. The summed E-state index contributed by atoms with van der Waals surface area (Å²) in [5, 5.41) is 11.3. The van der Waals surface area contributed by atoms with Gasteiger partial charge in [0, 0.05) is 43.7 Å². The van der Waals surface area contributed by atoms with Gasteiger partial charge >= 0.3 is 0 Å². The Morgan fingerprint density at radius 2 is 1.88 bits per heavy atom. The molecule has 3 aliphatic heterocycles. The fourth-order valence-electron chi connectivity index (χ4n) is 4.93. The lowest BCUT2D eigenvalue weighted by Gasteiger charge is -2.31. The van der Waals surface area contributed by atoms with Crippen LogP contribution in [0.5, 0.6) is 5.75 Å². The molecule has 2 fully saturated rings. The van der Waals surface area contributed by atoms with E-state index < -0.39 is 23.5 Å². The van der Waals surface area contributed by atoms with Gasteiger partial charge in [0.15, 0.2) is 0 Å². The second-order valence-corrected chi connectivity index (χ2v) is 8.92. The molecule has 1 N–H and O–H groups in total. The second kappa shape index (κ2) is 9.19. The molecule has 2 atom stereocenters. The molecule has 8 heteroatoms. The number of hydrogen-bond donors (Lipinski definition) is 1. The molecule has 0 saturated carbocycles. The molecule has 0 spiro atoms. The van der Waals surface area contributed by atoms with Crippen molar-refractivity contribution in [1.29, 1.82) is 0 Å². The Balaban J connectivity index is 1.54. The van der Waals surface area contributed by atoms with Crippen LogP contribution in [0.2, 0.25) is 0 Å². The Hall–Kier alpha value is -3.23. The minimum absolute atomic E-state index is 0.0246. The molecule has 0 aromatic heterocycles. The molecule has 0 radical (unpaired) electrons. The van der Waals surface area contributed by atoms with E-state index in [0.29, 0.717) is 31.7 Å². The fraction of sp³-hybridized carbons (Fsp3) is 0.385. The quantitative estimate of drug-likeness (QED) is 0.415. The van der Waals surface area contributed by atoms with Crippen molar-refractivity contribution in [3.05, 3.63) is 70.5 Å². The number of aliphatic hydroxyl groups excluding tert-OH is 1. The molecule has 0 bridgehead atoms. The zero-order chi connectivity index (χ0) is 23.8. The van der Waals surface area contributed by atoms with E-state index in [2.05, 4.69) is 4.90 Å². The van der Waals surface area contributed by atoms with Crippen LogP contribution in [0.1, 0.15) is 29.7 Å². The Kier molecular flexibility index (Phi) is 6.10. The maximum absolute atomic E-state index is 14.9. The summed E-state index contributed by atoms with van der Waals surface area (Å²) in [6.07, 6.45) is 0.706. The first-order valence-corrected chi connectivity index (χ1v) is 11.6. The minimum Gasteiger partial charge on any atom is -0.507 e. The van der Waals surface area contributed by atoms with Crippen molar-refractivity contribution >= 4 is 17.4 Å². The van der Waals surface area contributed by atoms with Crippen molar-refractivity contribution in [2.24, 2.45) is 0 Å². The highest BCUT2D eigenvalue weighted by Crippen LogP contribution is 2.41. The number of nitrogens with zero attached hydrogens (tertiary/aromatic N) is 2. The van der Waals surface area contributed by atoms with Crippen molar-refractivity contribution < 1.29 is 28.6 Å².